The van der Waals surface area contributed by atoms with Gasteiger partial charge in [-0.05, 0) is 31.9 Å². The Bertz CT molecular complexity index is 492. The van der Waals surface area contributed by atoms with Crippen molar-refractivity contribution in [2.24, 2.45) is 0 Å². The van der Waals surface area contributed by atoms with Gasteiger partial charge < -0.3 is 10.2 Å². The van der Waals surface area contributed by atoms with Crippen molar-refractivity contribution in [2.75, 3.05) is 26.2 Å². The van der Waals surface area contributed by atoms with Crippen LogP contribution in [-0.4, -0.2) is 40.9 Å². The molecule has 0 radical (unpaired) electrons. The van der Waals surface area contributed by atoms with Crippen molar-refractivity contribution < 1.29 is 0 Å². The lowest BCUT2D eigenvalue weighted by Gasteiger charge is -2.30. The van der Waals surface area contributed by atoms with Crippen LogP contribution in [0.5, 0.6) is 0 Å². The van der Waals surface area contributed by atoms with Crippen LogP contribution < -0.4 is 5.32 Å². The fraction of sp³-hybridized carbons (Fsp3) is 0.562. The zero-order valence-electron chi connectivity index (χ0n) is 12.9. The summed E-state index contributed by atoms with van der Waals surface area (Å²) in [7, 11) is 0. The molecule has 4 heteroatoms. The molecule has 1 aliphatic heterocycles. The third-order valence-electron chi connectivity index (χ3n) is 4.10. The number of piperazine rings is 1. The standard InChI is InChI=1S/C16H26N4/c1-5-13(2)15(4)16-6-9-20(18-16)12-14(3)19-10-7-17-8-11-19/h6,9,17H,3,5,7-8,10-12H2,1-2,4H3/b15-13-. The van der Waals surface area contributed by atoms with Crippen LogP contribution in [0.2, 0.25) is 0 Å². The Morgan fingerprint density at radius 1 is 1.35 bits per heavy atom. The first-order chi connectivity index (χ1) is 9.61. The number of nitrogens with one attached hydrogen (secondary N) is 1. The molecule has 4 nitrogen and oxygen atoms in total. The maximum absolute atomic E-state index is 4.67. The van der Waals surface area contributed by atoms with Gasteiger partial charge in [-0.3, -0.25) is 4.68 Å². The molecule has 1 aromatic heterocycles. The molecule has 0 aromatic carbocycles. The Morgan fingerprint density at radius 3 is 2.70 bits per heavy atom. The molecule has 1 fully saturated rings. The fourth-order valence-corrected chi connectivity index (χ4v) is 2.40. The topological polar surface area (TPSA) is 33.1 Å². The highest BCUT2D eigenvalue weighted by Crippen LogP contribution is 2.18. The minimum Gasteiger partial charge on any atom is -0.371 e. The van der Waals surface area contributed by atoms with Crippen LogP contribution in [0.1, 0.15) is 32.9 Å². The molecule has 1 saturated heterocycles. The average molecular weight is 274 g/mol. The highest BCUT2D eigenvalue weighted by atomic mass is 15.3. The van der Waals surface area contributed by atoms with Crippen molar-refractivity contribution in [3.8, 4) is 0 Å². The lowest BCUT2D eigenvalue weighted by atomic mass is 10.1. The van der Waals surface area contributed by atoms with Gasteiger partial charge in [-0.1, -0.05) is 19.1 Å². The maximum atomic E-state index is 4.67. The summed E-state index contributed by atoms with van der Waals surface area (Å²) < 4.78 is 1.99. The zero-order valence-corrected chi connectivity index (χ0v) is 12.9. The van der Waals surface area contributed by atoms with E-state index in [4.69, 9.17) is 0 Å². The first kappa shape index (κ1) is 14.9. The van der Waals surface area contributed by atoms with E-state index in [0.29, 0.717) is 0 Å². The normalized spacial score (nSPS) is 17.1. The van der Waals surface area contributed by atoms with Gasteiger partial charge in [0, 0.05) is 38.1 Å². The molecular formula is C16H26N4. The second kappa shape index (κ2) is 6.75. The smallest absolute Gasteiger partial charge is 0.0879 e. The quantitative estimate of drug-likeness (QED) is 0.895. The Labute approximate surface area is 122 Å². The molecule has 0 aliphatic carbocycles. The Hall–Kier alpha value is -1.55. The molecule has 20 heavy (non-hydrogen) atoms. The molecule has 1 aliphatic rings. The SMILES string of the molecule is C=C(Cn1ccc(/C(C)=C(/C)CC)n1)N1CCNCC1. The molecule has 110 valence electrons. The summed E-state index contributed by atoms with van der Waals surface area (Å²) in [5, 5.41) is 8.03. The first-order valence-electron chi connectivity index (χ1n) is 7.45. The van der Waals surface area contributed by atoms with Crippen LogP contribution in [0.4, 0.5) is 0 Å². The van der Waals surface area contributed by atoms with Crippen LogP contribution in [-0.2, 0) is 6.54 Å². The minimum absolute atomic E-state index is 0.776. The summed E-state index contributed by atoms with van der Waals surface area (Å²) >= 11 is 0. The number of nitrogens with zero attached hydrogens (tertiary/aromatic N) is 3. The third kappa shape index (κ3) is 3.51. The molecule has 1 aromatic rings. The predicted molar refractivity (Wildman–Crippen MR) is 84.4 cm³/mol. The predicted octanol–water partition coefficient (Wildman–Crippen LogP) is 2.51. The van der Waals surface area contributed by atoms with Crippen LogP contribution in [0.25, 0.3) is 5.57 Å². The summed E-state index contributed by atoms with van der Waals surface area (Å²) in [6.45, 7) is 15.7. The van der Waals surface area contributed by atoms with Gasteiger partial charge in [0.05, 0.1) is 12.2 Å². The number of hydrogen-bond donors (Lipinski definition) is 1. The average Bonchev–Trinajstić information content (AvgIpc) is 2.95. The Kier molecular flexibility index (Phi) is 5.01. The van der Waals surface area contributed by atoms with E-state index in [1.54, 1.807) is 0 Å². The molecule has 0 atom stereocenters. The number of hydrogen-bond acceptors (Lipinski definition) is 3. The molecule has 0 saturated carbocycles. The minimum atomic E-state index is 0.776. The summed E-state index contributed by atoms with van der Waals surface area (Å²) in [4.78, 5) is 2.35. The molecule has 2 rings (SSSR count). The van der Waals surface area contributed by atoms with Crippen LogP contribution in [0.3, 0.4) is 0 Å². The molecule has 0 unspecified atom stereocenters. The van der Waals surface area contributed by atoms with E-state index >= 15 is 0 Å². The van der Waals surface area contributed by atoms with E-state index < -0.39 is 0 Å². The number of aromatic nitrogens is 2. The van der Waals surface area contributed by atoms with E-state index in [0.717, 1.165) is 50.5 Å². The highest BCUT2D eigenvalue weighted by molar-refractivity contribution is 5.63. The van der Waals surface area contributed by atoms with Gasteiger partial charge in [0.15, 0.2) is 0 Å². The summed E-state index contributed by atoms with van der Waals surface area (Å²) in [5.41, 5.74) is 4.92. The van der Waals surface area contributed by atoms with Gasteiger partial charge >= 0.3 is 0 Å². The second-order valence-electron chi connectivity index (χ2n) is 5.46. The summed E-state index contributed by atoms with van der Waals surface area (Å²) in [6, 6.07) is 2.10. The van der Waals surface area contributed by atoms with Crippen molar-refractivity contribution in [3.63, 3.8) is 0 Å². The lowest BCUT2D eigenvalue weighted by Crippen LogP contribution is -2.43. The molecular weight excluding hydrogens is 248 g/mol. The Morgan fingerprint density at radius 2 is 2.05 bits per heavy atom. The van der Waals surface area contributed by atoms with E-state index in [2.05, 4.69) is 54.9 Å². The van der Waals surface area contributed by atoms with Gasteiger partial charge in [-0.25, -0.2) is 0 Å². The Balaban J connectivity index is 2.00. The van der Waals surface area contributed by atoms with Crippen molar-refractivity contribution >= 4 is 5.57 Å². The van der Waals surface area contributed by atoms with E-state index in [1.165, 1.54) is 11.1 Å². The van der Waals surface area contributed by atoms with Crippen LogP contribution >= 0.6 is 0 Å². The van der Waals surface area contributed by atoms with E-state index in [1.807, 2.05) is 4.68 Å². The fourth-order valence-electron chi connectivity index (χ4n) is 2.40. The van der Waals surface area contributed by atoms with Crippen molar-refractivity contribution in [1.82, 2.24) is 20.0 Å². The van der Waals surface area contributed by atoms with Crippen molar-refractivity contribution in [1.29, 1.82) is 0 Å². The second-order valence-corrected chi connectivity index (χ2v) is 5.46. The summed E-state index contributed by atoms with van der Waals surface area (Å²) in [5.74, 6) is 0. The monoisotopic (exact) mass is 274 g/mol. The van der Waals surface area contributed by atoms with Gasteiger partial charge in [0.2, 0.25) is 0 Å². The highest BCUT2D eigenvalue weighted by Gasteiger charge is 2.12. The van der Waals surface area contributed by atoms with Gasteiger partial charge in [0.1, 0.15) is 0 Å². The first-order valence-corrected chi connectivity index (χ1v) is 7.45. The molecule has 0 spiro atoms. The van der Waals surface area contributed by atoms with Crippen LogP contribution in [0, 0.1) is 0 Å². The van der Waals surface area contributed by atoms with Crippen molar-refractivity contribution in [2.45, 2.75) is 33.7 Å². The lowest BCUT2D eigenvalue weighted by molar-refractivity contribution is 0.284. The van der Waals surface area contributed by atoms with Gasteiger partial charge in [-0.15, -0.1) is 0 Å². The van der Waals surface area contributed by atoms with E-state index in [9.17, 15) is 0 Å². The largest absolute Gasteiger partial charge is 0.371 e. The maximum Gasteiger partial charge on any atom is 0.0879 e. The van der Waals surface area contributed by atoms with Crippen LogP contribution in [0.15, 0.2) is 30.1 Å². The molecule has 1 N–H and O–H groups in total. The molecule has 0 bridgehead atoms. The number of allylic oxidation sites excluding steroid dienone is 3. The zero-order chi connectivity index (χ0) is 14.5. The van der Waals surface area contributed by atoms with E-state index in [-0.39, 0.29) is 0 Å². The molecule has 0 amide bonds. The van der Waals surface area contributed by atoms with Gasteiger partial charge in [0.25, 0.3) is 0 Å². The molecule has 2 heterocycles. The number of rotatable bonds is 5. The van der Waals surface area contributed by atoms with Crippen molar-refractivity contribution in [3.05, 3.63) is 35.8 Å². The third-order valence-corrected chi connectivity index (χ3v) is 4.10. The summed E-state index contributed by atoms with van der Waals surface area (Å²) in [6.07, 6.45) is 3.13. The van der Waals surface area contributed by atoms with Gasteiger partial charge in [-0.2, -0.15) is 5.10 Å².